The molecule has 0 saturated carbocycles. The van der Waals surface area contributed by atoms with Crippen molar-refractivity contribution in [3.05, 3.63) is 41.4 Å². The molecule has 6 heteroatoms. The third kappa shape index (κ3) is 2.79. The molecule has 3 rings (SSSR count). The fourth-order valence-corrected chi connectivity index (χ4v) is 4.46. The molecule has 2 aromatic carbocycles. The van der Waals surface area contributed by atoms with E-state index in [-0.39, 0.29) is 5.92 Å². The molecule has 4 nitrogen and oxygen atoms in total. The molecule has 0 bridgehead atoms. The summed E-state index contributed by atoms with van der Waals surface area (Å²) >= 11 is 5.95. The summed E-state index contributed by atoms with van der Waals surface area (Å²) < 4.78 is 26.9. The molecule has 1 fully saturated rings. The van der Waals surface area contributed by atoms with Crippen LogP contribution in [0, 0.1) is 5.92 Å². The van der Waals surface area contributed by atoms with E-state index in [4.69, 9.17) is 17.3 Å². The van der Waals surface area contributed by atoms with Crippen LogP contribution in [0.15, 0.2) is 41.3 Å². The van der Waals surface area contributed by atoms with Gasteiger partial charge in [0.1, 0.15) is 0 Å². The van der Waals surface area contributed by atoms with Crippen LogP contribution in [0.5, 0.6) is 0 Å². The Hall–Kier alpha value is -1.14. The number of hydrogen-bond acceptors (Lipinski definition) is 3. The van der Waals surface area contributed by atoms with Crippen molar-refractivity contribution < 1.29 is 8.42 Å². The van der Waals surface area contributed by atoms with Gasteiger partial charge < -0.3 is 5.73 Å². The van der Waals surface area contributed by atoms with Crippen molar-refractivity contribution in [3.63, 3.8) is 0 Å². The zero-order valence-electron chi connectivity index (χ0n) is 11.5. The topological polar surface area (TPSA) is 63.4 Å². The third-order valence-electron chi connectivity index (χ3n) is 3.99. The molecule has 1 saturated heterocycles. The summed E-state index contributed by atoms with van der Waals surface area (Å²) in [5.41, 5.74) is 5.63. The minimum Gasteiger partial charge on any atom is -0.330 e. The standard InChI is InChI=1S/C15H17ClN2O2S/c16-14-3-1-13-8-15(4-2-12(13)7-14)21(19,20)18-6-5-11(9-17)10-18/h1-4,7-8,11H,5-6,9-10,17H2. The van der Waals surface area contributed by atoms with Gasteiger partial charge in [-0.1, -0.05) is 23.7 Å². The molecule has 1 unspecified atom stereocenters. The smallest absolute Gasteiger partial charge is 0.243 e. The van der Waals surface area contributed by atoms with Gasteiger partial charge in [-0.05, 0) is 53.9 Å². The Morgan fingerprint density at radius 2 is 1.90 bits per heavy atom. The Balaban J connectivity index is 1.97. The Bertz CT molecular complexity index is 776. The van der Waals surface area contributed by atoms with Crippen LogP contribution >= 0.6 is 11.6 Å². The third-order valence-corrected chi connectivity index (χ3v) is 6.09. The first-order chi connectivity index (χ1) is 10.0. The highest BCUT2D eigenvalue weighted by atomic mass is 35.5. The van der Waals surface area contributed by atoms with Crippen LogP contribution in [0.4, 0.5) is 0 Å². The number of fused-ring (bicyclic) bond motifs is 1. The predicted molar refractivity (Wildman–Crippen MR) is 84.9 cm³/mol. The lowest BCUT2D eigenvalue weighted by atomic mass is 10.1. The van der Waals surface area contributed by atoms with Crippen molar-refractivity contribution >= 4 is 32.4 Å². The van der Waals surface area contributed by atoms with E-state index in [1.807, 2.05) is 12.1 Å². The van der Waals surface area contributed by atoms with Crippen molar-refractivity contribution in [2.24, 2.45) is 11.7 Å². The zero-order chi connectivity index (χ0) is 15.0. The first-order valence-electron chi connectivity index (χ1n) is 6.90. The highest BCUT2D eigenvalue weighted by Crippen LogP contribution is 2.27. The molecule has 2 aromatic rings. The lowest BCUT2D eigenvalue weighted by Crippen LogP contribution is -2.30. The lowest BCUT2D eigenvalue weighted by Gasteiger charge is -2.16. The van der Waals surface area contributed by atoms with Gasteiger partial charge >= 0.3 is 0 Å². The molecule has 112 valence electrons. The van der Waals surface area contributed by atoms with Crippen LogP contribution < -0.4 is 5.73 Å². The summed E-state index contributed by atoms with van der Waals surface area (Å²) in [7, 11) is -3.44. The molecule has 0 aromatic heterocycles. The molecular formula is C15H17ClN2O2S. The molecule has 2 N–H and O–H groups in total. The van der Waals surface area contributed by atoms with E-state index in [1.54, 1.807) is 24.3 Å². The maximum Gasteiger partial charge on any atom is 0.243 e. The zero-order valence-corrected chi connectivity index (χ0v) is 13.1. The number of rotatable bonds is 3. The maximum absolute atomic E-state index is 12.7. The van der Waals surface area contributed by atoms with Gasteiger partial charge in [0, 0.05) is 18.1 Å². The second-order valence-electron chi connectivity index (χ2n) is 5.41. The molecule has 0 amide bonds. The van der Waals surface area contributed by atoms with E-state index in [9.17, 15) is 8.42 Å². The monoisotopic (exact) mass is 324 g/mol. The van der Waals surface area contributed by atoms with Crippen LogP contribution in [-0.4, -0.2) is 32.4 Å². The SMILES string of the molecule is NCC1CCN(S(=O)(=O)c2ccc3cc(Cl)ccc3c2)C1. The normalized spacial score (nSPS) is 20.2. The van der Waals surface area contributed by atoms with Crippen molar-refractivity contribution in [2.75, 3.05) is 19.6 Å². The summed E-state index contributed by atoms with van der Waals surface area (Å²) in [6, 6.07) is 10.6. The van der Waals surface area contributed by atoms with Gasteiger partial charge in [-0.25, -0.2) is 8.42 Å². The van der Waals surface area contributed by atoms with Gasteiger partial charge in [-0.2, -0.15) is 4.31 Å². The van der Waals surface area contributed by atoms with E-state index >= 15 is 0 Å². The van der Waals surface area contributed by atoms with Crippen molar-refractivity contribution in [1.82, 2.24) is 4.31 Å². The van der Waals surface area contributed by atoms with E-state index in [0.29, 0.717) is 29.6 Å². The lowest BCUT2D eigenvalue weighted by molar-refractivity contribution is 0.459. The molecule has 0 radical (unpaired) electrons. The number of benzene rings is 2. The quantitative estimate of drug-likeness (QED) is 0.943. The van der Waals surface area contributed by atoms with Crippen LogP contribution in [-0.2, 0) is 10.0 Å². The fraction of sp³-hybridized carbons (Fsp3) is 0.333. The first-order valence-corrected chi connectivity index (χ1v) is 8.72. The fourth-order valence-electron chi connectivity index (χ4n) is 2.71. The Labute approximate surface area is 129 Å². The predicted octanol–water partition coefficient (Wildman–Crippen LogP) is 2.46. The highest BCUT2D eigenvalue weighted by molar-refractivity contribution is 7.89. The Morgan fingerprint density at radius 3 is 2.62 bits per heavy atom. The van der Waals surface area contributed by atoms with Crippen LogP contribution in [0.2, 0.25) is 5.02 Å². The van der Waals surface area contributed by atoms with Gasteiger partial charge in [0.15, 0.2) is 0 Å². The molecule has 21 heavy (non-hydrogen) atoms. The highest BCUT2D eigenvalue weighted by Gasteiger charge is 2.31. The van der Waals surface area contributed by atoms with Gasteiger partial charge in [-0.3, -0.25) is 0 Å². The van der Waals surface area contributed by atoms with Crippen LogP contribution in [0.1, 0.15) is 6.42 Å². The number of nitrogens with two attached hydrogens (primary N) is 1. The van der Waals surface area contributed by atoms with Gasteiger partial charge in [-0.15, -0.1) is 0 Å². The average molecular weight is 325 g/mol. The van der Waals surface area contributed by atoms with Gasteiger partial charge in [0.05, 0.1) is 4.90 Å². The molecule has 1 atom stereocenters. The van der Waals surface area contributed by atoms with Crippen LogP contribution in [0.25, 0.3) is 10.8 Å². The largest absolute Gasteiger partial charge is 0.330 e. The molecular weight excluding hydrogens is 308 g/mol. The van der Waals surface area contributed by atoms with Crippen molar-refractivity contribution in [2.45, 2.75) is 11.3 Å². The molecule has 0 spiro atoms. The van der Waals surface area contributed by atoms with Crippen molar-refractivity contribution in [1.29, 1.82) is 0 Å². The summed E-state index contributed by atoms with van der Waals surface area (Å²) in [5.74, 6) is 0.263. The van der Waals surface area contributed by atoms with E-state index in [1.165, 1.54) is 4.31 Å². The Morgan fingerprint density at radius 1 is 1.19 bits per heavy atom. The summed E-state index contributed by atoms with van der Waals surface area (Å²) in [6.45, 7) is 1.59. The molecule has 1 aliphatic rings. The number of halogens is 1. The summed E-state index contributed by atoms with van der Waals surface area (Å²) in [4.78, 5) is 0.329. The minimum absolute atomic E-state index is 0.263. The number of nitrogens with zero attached hydrogens (tertiary/aromatic N) is 1. The minimum atomic E-state index is -3.44. The Kier molecular flexibility index (Phi) is 3.92. The second kappa shape index (κ2) is 5.57. The molecule has 1 heterocycles. The maximum atomic E-state index is 12.7. The average Bonchev–Trinajstić information content (AvgIpc) is 2.96. The van der Waals surface area contributed by atoms with Gasteiger partial charge in [0.25, 0.3) is 0 Å². The first kappa shape index (κ1) is 14.8. The number of hydrogen-bond donors (Lipinski definition) is 1. The van der Waals surface area contributed by atoms with E-state index in [0.717, 1.165) is 17.2 Å². The summed E-state index contributed by atoms with van der Waals surface area (Å²) in [5, 5.41) is 2.45. The van der Waals surface area contributed by atoms with E-state index < -0.39 is 10.0 Å². The van der Waals surface area contributed by atoms with E-state index in [2.05, 4.69) is 0 Å². The van der Waals surface area contributed by atoms with Crippen molar-refractivity contribution in [3.8, 4) is 0 Å². The van der Waals surface area contributed by atoms with Crippen LogP contribution in [0.3, 0.4) is 0 Å². The molecule has 1 aliphatic heterocycles. The summed E-state index contributed by atoms with van der Waals surface area (Å²) in [6.07, 6.45) is 0.832. The second-order valence-corrected chi connectivity index (χ2v) is 7.78. The van der Waals surface area contributed by atoms with Gasteiger partial charge in [0.2, 0.25) is 10.0 Å². The number of sulfonamides is 1. The molecule has 0 aliphatic carbocycles.